The highest BCUT2D eigenvalue weighted by Crippen LogP contribution is 2.45. The molecule has 6 amide bonds. The molecule has 0 bridgehead atoms. The summed E-state index contributed by atoms with van der Waals surface area (Å²) < 4.78 is 0. The minimum atomic E-state index is -0.979. The summed E-state index contributed by atoms with van der Waals surface area (Å²) >= 11 is 0. The smallest absolute Gasteiger partial charge is 0.254 e. The van der Waals surface area contributed by atoms with Crippen LogP contribution < -0.4 is 0 Å². The van der Waals surface area contributed by atoms with Crippen LogP contribution in [0.4, 0.5) is 0 Å². The summed E-state index contributed by atoms with van der Waals surface area (Å²) in [5.74, 6) is -3.78. The predicted octanol–water partition coefficient (Wildman–Crippen LogP) is -0.703. The first kappa shape index (κ1) is 18.0. The zero-order valence-electron chi connectivity index (χ0n) is 15.0. The minimum Gasteiger partial charge on any atom is -0.270 e. The Hall–Kier alpha value is -3.36. The number of hydrogen-bond acceptors (Lipinski definition) is 6. The number of rotatable bonds is 5. The van der Waals surface area contributed by atoms with Crippen molar-refractivity contribution < 1.29 is 28.8 Å². The van der Waals surface area contributed by atoms with Gasteiger partial charge in [0.25, 0.3) is 35.4 Å². The van der Waals surface area contributed by atoms with Gasteiger partial charge in [-0.25, -0.2) is 0 Å². The van der Waals surface area contributed by atoms with Crippen molar-refractivity contribution >= 4 is 35.4 Å². The topological polar surface area (TPSA) is 112 Å². The molecule has 0 radical (unpaired) electrons. The second-order valence-electron chi connectivity index (χ2n) is 7.06. The highest BCUT2D eigenvalue weighted by Gasteiger charge is 2.63. The first-order valence-corrected chi connectivity index (χ1v) is 9.02. The summed E-state index contributed by atoms with van der Waals surface area (Å²) in [6, 6.07) is -2.57. The molecule has 144 valence electrons. The lowest BCUT2D eigenvalue weighted by Crippen LogP contribution is -2.78. The van der Waals surface area contributed by atoms with Gasteiger partial charge in [-0.05, 0) is 6.42 Å². The maximum absolute atomic E-state index is 12.3. The van der Waals surface area contributed by atoms with Crippen LogP contribution in [0.1, 0.15) is 19.8 Å². The Balaban J connectivity index is 1.77. The van der Waals surface area contributed by atoms with E-state index in [9.17, 15) is 28.8 Å². The third kappa shape index (κ3) is 2.39. The maximum Gasteiger partial charge on any atom is 0.254 e. The fourth-order valence-corrected chi connectivity index (χ4v) is 4.55. The van der Waals surface area contributed by atoms with Crippen LogP contribution >= 0.6 is 0 Å². The summed E-state index contributed by atoms with van der Waals surface area (Å²) in [5, 5.41) is 0. The van der Waals surface area contributed by atoms with E-state index < -0.39 is 59.5 Å². The number of carbonyl (C=O) groups excluding carboxylic acids is 6. The molecule has 4 aliphatic rings. The van der Waals surface area contributed by atoms with Crippen molar-refractivity contribution in [2.75, 3.05) is 0 Å². The first-order chi connectivity index (χ1) is 13.4. The number of carbonyl (C=O) groups is 6. The van der Waals surface area contributed by atoms with Crippen molar-refractivity contribution in [3.63, 3.8) is 0 Å². The molecule has 3 aliphatic heterocycles. The average Bonchev–Trinajstić information content (AvgIpc) is 3.27. The van der Waals surface area contributed by atoms with Crippen LogP contribution in [0.5, 0.6) is 0 Å². The van der Waals surface area contributed by atoms with Gasteiger partial charge in [-0.1, -0.05) is 13.3 Å². The van der Waals surface area contributed by atoms with Gasteiger partial charge in [-0.15, -0.1) is 0 Å². The van der Waals surface area contributed by atoms with Gasteiger partial charge in [0.15, 0.2) is 0 Å². The van der Waals surface area contributed by atoms with Crippen LogP contribution in [0.2, 0.25) is 0 Å². The molecule has 0 aromatic heterocycles. The van der Waals surface area contributed by atoms with E-state index >= 15 is 0 Å². The molecule has 9 nitrogen and oxygen atoms in total. The third-order valence-corrected chi connectivity index (χ3v) is 5.62. The van der Waals surface area contributed by atoms with Crippen LogP contribution in [0.15, 0.2) is 36.5 Å². The van der Waals surface area contributed by atoms with Gasteiger partial charge in [-0.3, -0.25) is 43.5 Å². The molecule has 1 aliphatic carbocycles. The summed E-state index contributed by atoms with van der Waals surface area (Å²) in [7, 11) is 0. The lowest BCUT2D eigenvalue weighted by atomic mass is 9.65. The van der Waals surface area contributed by atoms with Crippen LogP contribution in [0.3, 0.4) is 0 Å². The normalized spacial score (nSPS) is 31.8. The summed E-state index contributed by atoms with van der Waals surface area (Å²) in [6.07, 6.45) is 7.90. The average molecular weight is 383 g/mol. The molecular formula is C19H17N3O6. The van der Waals surface area contributed by atoms with E-state index in [2.05, 4.69) is 0 Å². The number of imide groups is 3. The van der Waals surface area contributed by atoms with E-state index in [-0.39, 0.29) is 0 Å². The van der Waals surface area contributed by atoms with Crippen molar-refractivity contribution in [3.05, 3.63) is 36.5 Å². The number of nitrogens with zero attached hydrogens (tertiary/aromatic N) is 3. The van der Waals surface area contributed by atoms with Gasteiger partial charge >= 0.3 is 0 Å². The van der Waals surface area contributed by atoms with E-state index in [1.807, 2.05) is 6.92 Å². The van der Waals surface area contributed by atoms with E-state index in [1.165, 1.54) is 0 Å². The Labute approximate surface area is 159 Å². The van der Waals surface area contributed by atoms with Gasteiger partial charge in [-0.2, -0.15) is 0 Å². The van der Waals surface area contributed by atoms with Crippen LogP contribution in [-0.4, -0.2) is 68.3 Å². The lowest BCUT2D eigenvalue weighted by molar-refractivity contribution is -0.173. The Kier molecular flexibility index (Phi) is 4.10. The van der Waals surface area contributed by atoms with Gasteiger partial charge in [0, 0.05) is 42.4 Å². The lowest BCUT2D eigenvalue weighted by Gasteiger charge is -2.58. The van der Waals surface area contributed by atoms with Gasteiger partial charge in [0.05, 0.1) is 18.1 Å². The fraction of sp³-hybridized carbons (Fsp3) is 0.368. The minimum absolute atomic E-state index is 0.434. The van der Waals surface area contributed by atoms with Crippen molar-refractivity contribution in [1.82, 2.24) is 14.7 Å². The molecule has 0 N–H and O–H groups in total. The molecule has 2 atom stereocenters. The van der Waals surface area contributed by atoms with E-state index in [0.717, 1.165) is 51.2 Å². The van der Waals surface area contributed by atoms with Gasteiger partial charge < -0.3 is 0 Å². The molecule has 0 aromatic carbocycles. The largest absolute Gasteiger partial charge is 0.270 e. The van der Waals surface area contributed by atoms with Crippen molar-refractivity contribution in [2.45, 2.75) is 37.9 Å². The molecule has 0 saturated heterocycles. The van der Waals surface area contributed by atoms with Crippen molar-refractivity contribution in [1.29, 1.82) is 0 Å². The molecule has 1 saturated carbocycles. The van der Waals surface area contributed by atoms with Crippen LogP contribution in [-0.2, 0) is 28.8 Å². The van der Waals surface area contributed by atoms with Gasteiger partial charge in [0.1, 0.15) is 0 Å². The van der Waals surface area contributed by atoms with E-state index in [4.69, 9.17) is 0 Å². The van der Waals surface area contributed by atoms with E-state index in [1.54, 1.807) is 0 Å². The molecule has 28 heavy (non-hydrogen) atoms. The second kappa shape index (κ2) is 6.36. The Morgan fingerprint density at radius 3 is 1.14 bits per heavy atom. The van der Waals surface area contributed by atoms with Crippen molar-refractivity contribution in [2.24, 2.45) is 5.92 Å². The second-order valence-corrected chi connectivity index (χ2v) is 7.06. The fourth-order valence-electron chi connectivity index (χ4n) is 4.55. The molecular weight excluding hydrogens is 366 g/mol. The highest BCUT2D eigenvalue weighted by molar-refractivity contribution is 6.16. The molecule has 0 aromatic rings. The molecule has 1 fully saturated rings. The zero-order chi connectivity index (χ0) is 20.2. The monoisotopic (exact) mass is 383 g/mol. The predicted molar refractivity (Wildman–Crippen MR) is 92.7 cm³/mol. The maximum atomic E-state index is 12.3. The highest BCUT2D eigenvalue weighted by atomic mass is 16.2. The molecule has 2 unspecified atom stereocenters. The van der Waals surface area contributed by atoms with Gasteiger partial charge in [0.2, 0.25) is 0 Å². The summed E-state index contributed by atoms with van der Waals surface area (Å²) in [5.41, 5.74) is 0. The molecule has 4 rings (SSSR count). The first-order valence-electron chi connectivity index (χ1n) is 9.02. The quantitative estimate of drug-likeness (QED) is 0.580. The van der Waals surface area contributed by atoms with Crippen molar-refractivity contribution in [3.8, 4) is 0 Å². The Morgan fingerprint density at radius 2 is 0.857 bits per heavy atom. The zero-order valence-corrected chi connectivity index (χ0v) is 15.0. The molecule has 0 spiro atoms. The molecule has 9 heteroatoms. The SMILES string of the molecule is CCCC1C(N2C(=O)C=CC2=O)C(N2C(=O)C=CC2=O)C1N1C(=O)C=CC1=O. The molecule has 3 heterocycles. The summed E-state index contributed by atoms with van der Waals surface area (Å²) in [6.45, 7) is 1.90. The summed E-state index contributed by atoms with van der Waals surface area (Å²) in [4.78, 5) is 76.9. The third-order valence-electron chi connectivity index (χ3n) is 5.62. The standard InChI is InChI=1S/C19H17N3O6/c1-2-3-10-17(20-11(23)4-5-12(20)24)19(22-15(27)8-9-16(22)28)18(10)21-13(25)6-7-14(21)26/h4-10,17-19H,2-3H2,1H3. The Morgan fingerprint density at radius 1 is 0.571 bits per heavy atom. The number of amides is 6. The Bertz CT molecular complexity index is 813. The van der Waals surface area contributed by atoms with Crippen LogP contribution in [0.25, 0.3) is 0 Å². The van der Waals surface area contributed by atoms with E-state index in [0.29, 0.717) is 12.8 Å². The van der Waals surface area contributed by atoms with Crippen LogP contribution in [0, 0.1) is 5.92 Å². The number of hydrogen-bond donors (Lipinski definition) is 0.